The van der Waals surface area contributed by atoms with Crippen LogP contribution in [0, 0.1) is 13.8 Å². The van der Waals surface area contributed by atoms with Crippen molar-refractivity contribution in [2.24, 2.45) is 7.05 Å². The highest BCUT2D eigenvalue weighted by Gasteiger charge is 2.30. The molecule has 140 valence electrons. The van der Waals surface area contributed by atoms with Crippen LogP contribution in [0.4, 0.5) is 5.69 Å². The molecule has 1 aliphatic rings. The fourth-order valence-corrected chi connectivity index (χ4v) is 3.97. The van der Waals surface area contributed by atoms with Gasteiger partial charge in [-0.05, 0) is 57.9 Å². The normalized spacial score (nSPS) is 18.1. The third-order valence-electron chi connectivity index (χ3n) is 5.18. The standard InChI is InChI=1S/C20H26BrN3O2/c1-13(19-14(2)22-23(4)15(19)3)20(25)24(12-18-6-5-11-26-18)17-9-7-16(21)8-10-17/h7-10,13,18H,5-6,11-12H2,1-4H3/t13-,18+/m0/s1. The van der Waals surface area contributed by atoms with E-state index in [1.807, 2.05) is 61.7 Å². The van der Waals surface area contributed by atoms with Gasteiger partial charge >= 0.3 is 0 Å². The molecule has 1 amide bonds. The molecule has 26 heavy (non-hydrogen) atoms. The van der Waals surface area contributed by atoms with E-state index in [2.05, 4.69) is 21.0 Å². The van der Waals surface area contributed by atoms with Crippen LogP contribution in [0.3, 0.4) is 0 Å². The molecule has 2 atom stereocenters. The van der Waals surface area contributed by atoms with Gasteiger partial charge in [-0.25, -0.2) is 0 Å². The second-order valence-corrected chi connectivity index (χ2v) is 7.91. The monoisotopic (exact) mass is 419 g/mol. The van der Waals surface area contributed by atoms with Crippen molar-refractivity contribution < 1.29 is 9.53 Å². The summed E-state index contributed by atoms with van der Waals surface area (Å²) in [7, 11) is 1.92. The van der Waals surface area contributed by atoms with E-state index in [0.717, 1.165) is 46.6 Å². The van der Waals surface area contributed by atoms with Gasteiger partial charge in [-0.2, -0.15) is 5.10 Å². The van der Waals surface area contributed by atoms with Crippen molar-refractivity contribution in [1.82, 2.24) is 9.78 Å². The zero-order chi connectivity index (χ0) is 18.8. The maximum absolute atomic E-state index is 13.5. The van der Waals surface area contributed by atoms with Gasteiger partial charge in [0.05, 0.1) is 24.3 Å². The van der Waals surface area contributed by atoms with Crippen LogP contribution in [0.15, 0.2) is 28.7 Å². The van der Waals surface area contributed by atoms with Crippen LogP contribution < -0.4 is 4.90 Å². The summed E-state index contributed by atoms with van der Waals surface area (Å²) >= 11 is 3.47. The number of carbonyl (C=O) groups is 1. The molecule has 0 radical (unpaired) electrons. The summed E-state index contributed by atoms with van der Waals surface area (Å²) < 4.78 is 8.64. The highest BCUT2D eigenvalue weighted by molar-refractivity contribution is 9.10. The maximum atomic E-state index is 13.5. The fourth-order valence-electron chi connectivity index (χ4n) is 3.71. The third kappa shape index (κ3) is 3.86. The minimum absolute atomic E-state index is 0.0852. The Kier molecular flexibility index (Phi) is 5.82. The molecule has 1 saturated heterocycles. The number of aromatic nitrogens is 2. The molecule has 1 aromatic heterocycles. The van der Waals surface area contributed by atoms with Gasteiger partial charge in [0, 0.05) is 35.1 Å². The third-order valence-corrected chi connectivity index (χ3v) is 5.71. The Morgan fingerprint density at radius 1 is 1.38 bits per heavy atom. The lowest BCUT2D eigenvalue weighted by atomic mass is 9.97. The second-order valence-electron chi connectivity index (χ2n) is 6.99. The number of nitrogens with zero attached hydrogens (tertiary/aromatic N) is 3. The molecular formula is C20H26BrN3O2. The minimum atomic E-state index is -0.256. The van der Waals surface area contributed by atoms with Crippen LogP contribution in [-0.2, 0) is 16.6 Å². The van der Waals surface area contributed by atoms with E-state index in [1.54, 1.807) is 0 Å². The quantitative estimate of drug-likeness (QED) is 0.732. The lowest BCUT2D eigenvalue weighted by Gasteiger charge is -2.28. The van der Waals surface area contributed by atoms with Crippen LogP contribution in [0.2, 0.25) is 0 Å². The Morgan fingerprint density at radius 3 is 2.62 bits per heavy atom. The number of rotatable bonds is 5. The zero-order valence-corrected chi connectivity index (χ0v) is 17.4. The first-order valence-corrected chi connectivity index (χ1v) is 9.86. The van der Waals surface area contributed by atoms with E-state index >= 15 is 0 Å². The second kappa shape index (κ2) is 7.92. The summed E-state index contributed by atoms with van der Waals surface area (Å²) in [5, 5.41) is 4.48. The van der Waals surface area contributed by atoms with Crippen molar-refractivity contribution in [3.8, 4) is 0 Å². The summed E-state index contributed by atoms with van der Waals surface area (Å²) in [6.07, 6.45) is 2.16. The van der Waals surface area contributed by atoms with Crippen molar-refractivity contribution in [3.63, 3.8) is 0 Å². The topological polar surface area (TPSA) is 47.4 Å². The number of anilines is 1. The Labute approximate surface area is 163 Å². The average molecular weight is 420 g/mol. The van der Waals surface area contributed by atoms with Crippen molar-refractivity contribution in [1.29, 1.82) is 0 Å². The number of hydrogen-bond donors (Lipinski definition) is 0. The van der Waals surface area contributed by atoms with Gasteiger partial charge in [-0.1, -0.05) is 15.9 Å². The Bertz CT molecular complexity index is 779. The van der Waals surface area contributed by atoms with Gasteiger partial charge in [-0.15, -0.1) is 0 Å². The molecule has 6 heteroatoms. The van der Waals surface area contributed by atoms with E-state index in [-0.39, 0.29) is 17.9 Å². The van der Waals surface area contributed by atoms with Crippen LogP contribution >= 0.6 is 15.9 Å². The molecule has 0 N–H and O–H groups in total. The zero-order valence-electron chi connectivity index (χ0n) is 15.8. The number of aryl methyl sites for hydroxylation is 2. The predicted molar refractivity (Wildman–Crippen MR) is 107 cm³/mol. The SMILES string of the molecule is Cc1nn(C)c(C)c1[C@H](C)C(=O)N(C[C@H]1CCCO1)c1ccc(Br)cc1. The predicted octanol–water partition coefficient (Wildman–Crippen LogP) is 4.12. The van der Waals surface area contributed by atoms with Crippen LogP contribution in [0.1, 0.15) is 42.6 Å². The molecule has 0 aliphatic carbocycles. The summed E-state index contributed by atoms with van der Waals surface area (Å²) in [6, 6.07) is 7.89. The van der Waals surface area contributed by atoms with Gasteiger partial charge in [0.1, 0.15) is 0 Å². The van der Waals surface area contributed by atoms with Crippen molar-refractivity contribution in [2.75, 3.05) is 18.1 Å². The number of halogens is 1. The summed E-state index contributed by atoms with van der Waals surface area (Å²) in [5.41, 5.74) is 3.88. The first kappa shape index (κ1) is 19.1. The Morgan fingerprint density at radius 2 is 2.08 bits per heavy atom. The molecule has 2 heterocycles. The van der Waals surface area contributed by atoms with E-state index in [9.17, 15) is 4.79 Å². The maximum Gasteiger partial charge on any atom is 0.234 e. The summed E-state index contributed by atoms with van der Waals surface area (Å²) in [4.78, 5) is 15.3. The van der Waals surface area contributed by atoms with E-state index in [1.165, 1.54) is 0 Å². The number of hydrogen-bond acceptors (Lipinski definition) is 3. The smallest absolute Gasteiger partial charge is 0.234 e. The first-order valence-electron chi connectivity index (χ1n) is 9.07. The number of amides is 1. The van der Waals surface area contributed by atoms with Gasteiger partial charge in [0.25, 0.3) is 0 Å². The van der Waals surface area contributed by atoms with E-state index < -0.39 is 0 Å². The molecule has 0 spiro atoms. The molecule has 3 rings (SSSR count). The lowest BCUT2D eigenvalue weighted by Crippen LogP contribution is -2.40. The number of carbonyl (C=O) groups excluding carboxylic acids is 1. The van der Waals surface area contributed by atoms with Crippen LogP contribution in [0.5, 0.6) is 0 Å². The fraction of sp³-hybridized carbons (Fsp3) is 0.500. The van der Waals surface area contributed by atoms with Crippen molar-refractivity contribution >= 4 is 27.5 Å². The number of ether oxygens (including phenoxy) is 1. The Balaban J connectivity index is 1.91. The Hall–Kier alpha value is -1.66. The van der Waals surface area contributed by atoms with Crippen molar-refractivity contribution in [3.05, 3.63) is 45.7 Å². The molecule has 0 saturated carbocycles. The van der Waals surface area contributed by atoms with Gasteiger partial charge in [0.15, 0.2) is 0 Å². The van der Waals surface area contributed by atoms with Crippen molar-refractivity contribution in [2.45, 2.75) is 45.6 Å². The molecule has 1 aromatic carbocycles. The molecule has 5 nitrogen and oxygen atoms in total. The van der Waals surface area contributed by atoms with E-state index in [0.29, 0.717) is 6.54 Å². The minimum Gasteiger partial charge on any atom is -0.376 e. The van der Waals surface area contributed by atoms with Crippen LogP contribution in [-0.4, -0.2) is 34.9 Å². The molecular weight excluding hydrogens is 394 g/mol. The van der Waals surface area contributed by atoms with Gasteiger partial charge in [0.2, 0.25) is 5.91 Å². The van der Waals surface area contributed by atoms with Crippen LogP contribution in [0.25, 0.3) is 0 Å². The molecule has 2 aromatic rings. The van der Waals surface area contributed by atoms with E-state index in [4.69, 9.17) is 4.74 Å². The largest absolute Gasteiger partial charge is 0.376 e. The summed E-state index contributed by atoms with van der Waals surface area (Å²) in [6.45, 7) is 7.33. The lowest BCUT2D eigenvalue weighted by molar-refractivity contribution is -0.120. The highest BCUT2D eigenvalue weighted by atomic mass is 79.9. The van der Waals surface area contributed by atoms with Gasteiger partial charge < -0.3 is 9.64 Å². The average Bonchev–Trinajstić information content (AvgIpc) is 3.21. The highest BCUT2D eigenvalue weighted by Crippen LogP contribution is 2.29. The summed E-state index contributed by atoms with van der Waals surface area (Å²) in [5.74, 6) is -0.171. The van der Waals surface area contributed by atoms with Gasteiger partial charge in [-0.3, -0.25) is 9.48 Å². The number of benzene rings is 1. The molecule has 0 bridgehead atoms. The molecule has 1 fully saturated rings. The molecule has 1 aliphatic heterocycles. The first-order chi connectivity index (χ1) is 12.4. The molecule has 0 unspecified atom stereocenters.